The van der Waals surface area contributed by atoms with Crippen LogP contribution < -0.4 is 11.1 Å². The molecule has 20 heavy (non-hydrogen) atoms. The lowest BCUT2D eigenvalue weighted by Gasteiger charge is -2.26. The van der Waals surface area contributed by atoms with E-state index in [9.17, 15) is 19.3 Å². The molecule has 0 saturated carbocycles. The van der Waals surface area contributed by atoms with Crippen LogP contribution in [0.1, 0.15) is 37.0 Å². The number of carbonyl (C=O) groups excluding carboxylic acids is 1. The van der Waals surface area contributed by atoms with E-state index >= 15 is 0 Å². The van der Waals surface area contributed by atoms with Gasteiger partial charge in [-0.3, -0.25) is 14.9 Å². The number of hydrogen-bond donors (Lipinski definition) is 2. The van der Waals surface area contributed by atoms with E-state index in [4.69, 9.17) is 5.73 Å². The maximum atomic E-state index is 13.2. The zero-order chi connectivity index (χ0) is 15.3. The van der Waals surface area contributed by atoms with Gasteiger partial charge >= 0.3 is 0 Å². The molecule has 3 N–H and O–H groups in total. The first kappa shape index (κ1) is 16.0. The van der Waals surface area contributed by atoms with Gasteiger partial charge in [-0.05, 0) is 25.0 Å². The lowest BCUT2D eigenvalue weighted by Crippen LogP contribution is -2.49. The molecule has 1 aromatic carbocycles. The van der Waals surface area contributed by atoms with Crippen molar-refractivity contribution in [3.05, 3.63) is 39.7 Å². The van der Waals surface area contributed by atoms with Crippen LogP contribution in [-0.2, 0) is 0 Å². The summed E-state index contributed by atoms with van der Waals surface area (Å²) in [5, 5.41) is 13.4. The fourth-order valence-corrected chi connectivity index (χ4v) is 1.70. The van der Waals surface area contributed by atoms with Gasteiger partial charge in [0.2, 0.25) is 0 Å². The summed E-state index contributed by atoms with van der Waals surface area (Å²) in [6.45, 7) is 3.95. The lowest BCUT2D eigenvalue weighted by atomic mass is 9.94. The molecule has 0 bridgehead atoms. The number of rotatable bonds is 6. The molecule has 7 heteroatoms. The first-order chi connectivity index (χ1) is 9.33. The smallest absolute Gasteiger partial charge is 0.282 e. The topological polar surface area (TPSA) is 98.3 Å². The van der Waals surface area contributed by atoms with Crippen molar-refractivity contribution in [1.29, 1.82) is 0 Å². The van der Waals surface area contributed by atoms with Crippen LogP contribution in [0.2, 0.25) is 0 Å². The van der Waals surface area contributed by atoms with Crippen LogP contribution in [0.5, 0.6) is 0 Å². The number of carbonyl (C=O) groups is 1. The number of nitrogens with one attached hydrogen (secondary N) is 1. The van der Waals surface area contributed by atoms with Crippen LogP contribution in [0.25, 0.3) is 0 Å². The van der Waals surface area contributed by atoms with Gasteiger partial charge in [-0.2, -0.15) is 0 Å². The molecular weight excluding hydrogens is 265 g/mol. The number of nitrogens with zero attached hydrogens (tertiary/aromatic N) is 1. The molecule has 0 saturated heterocycles. The van der Waals surface area contributed by atoms with Crippen LogP contribution in [-0.4, -0.2) is 22.9 Å². The number of nitro benzene ring substituents is 1. The monoisotopic (exact) mass is 283 g/mol. The molecule has 0 spiro atoms. The van der Waals surface area contributed by atoms with Crippen molar-refractivity contribution in [2.45, 2.75) is 32.2 Å². The Balaban J connectivity index is 2.93. The number of nitro groups is 1. The Labute approximate surface area is 116 Å². The van der Waals surface area contributed by atoms with E-state index in [1.165, 1.54) is 0 Å². The molecule has 0 unspecified atom stereocenters. The van der Waals surface area contributed by atoms with Crippen molar-refractivity contribution in [1.82, 2.24) is 5.32 Å². The van der Waals surface area contributed by atoms with E-state index < -0.39 is 27.9 Å². The number of hydrogen-bond acceptors (Lipinski definition) is 4. The third kappa shape index (κ3) is 3.74. The zero-order valence-electron chi connectivity index (χ0n) is 11.5. The molecule has 0 aliphatic rings. The Morgan fingerprint density at radius 2 is 2.05 bits per heavy atom. The maximum Gasteiger partial charge on any atom is 0.282 e. The Morgan fingerprint density at radius 3 is 2.55 bits per heavy atom. The molecule has 1 amide bonds. The van der Waals surface area contributed by atoms with Gasteiger partial charge in [0.25, 0.3) is 11.6 Å². The Bertz CT molecular complexity index is 516. The summed E-state index contributed by atoms with van der Waals surface area (Å²) in [7, 11) is 0. The van der Waals surface area contributed by atoms with E-state index in [0.29, 0.717) is 12.8 Å². The average Bonchev–Trinajstić information content (AvgIpc) is 2.43. The first-order valence-electron chi connectivity index (χ1n) is 6.34. The highest BCUT2D eigenvalue weighted by molar-refractivity contribution is 5.98. The van der Waals surface area contributed by atoms with Crippen molar-refractivity contribution in [3.8, 4) is 0 Å². The van der Waals surface area contributed by atoms with Gasteiger partial charge in [0.15, 0.2) is 0 Å². The summed E-state index contributed by atoms with van der Waals surface area (Å²) < 4.78 is 13.2. The minimum atomic E-state index is -0.719. The third-order valence-corrected chi connectivity index (χ3v) is 3.41. The van der Waals surface area contributed by atoms with E-state index in [1.54, 1.807) is 0 Å². The third-order valence-electron chi connectivity index (χ3n) is 3.41. The highest BCUT2D eigenvalue weighted by atomic mass is 19.1. The van der Waals surface area contributed by atoms with E-state index in [-0.39, 0.29) is 12.1 Å². The summed E-state index contributed by atoms with van der Waals surface area (Å²) in [5.74, 6) is -1.40. The second kappa shape index (κ2) is 6.42. The van der Waals surface area contributed by atoms with Gasteiger partial charge in [0, 0.05) is 18.2 Å². The van der Waals surface area contributed by atoms with Crippen LogP contribution in [0.4, 0.5) is 10.1 Å². The minimum absolute atomic E-state index is 0.173. The van der Waals surface area contributed by atoms with Gasteiger partial charge in [-0.1, -0.05) is 13.8 Å². The molecule has 0 radical (unpaired) electrons. The van der Waals surface area contributed by atoms with Crippen molar-refractivity contribution < 1.29 is 14.1 Å². The predicted octanol–water partition coefficient (Wildman–Crippen LogP) is 1.98. The maximum absolute atomic E-state index is 13.2. The van der Waals surface area contributed by atoms with Gasteiger partial charge in [0.1, 0.15) is 11.4 Å². The summed E-state index contributed by atoms with van der Waals surface area (Å²) in [5.41, 5.74) is 4.72. The van der Waals surface area contributed by atoms with Crippen molar-refractivity contribution in [3.63, 3.8) is 0 Å². The van der Waals surface area contributed by atoms with E-state index in [2.05, 4.69) is 5.32 Å². The van der Waals surface area contributed by atoms with E-state index in [0.717, 1.165) is 18.2 Å². The molecule has 6 nitrogen and oxygen atoms in total. The molecule has 0 aromatic heterocycles. The largest absolute Gasteiger partial charge is 0.350 e. The molecule has 1 aromatic rings. The number of nitrogens with two attached hydrogens (primary N) is 1. The quantitative estimate of drug-likeness (QED) is 0.616. The Kier molecular flexibility index (Phi) is 5.15. The SMILES string of the molecule is CCC(N)(CC)CNC(=O)c1cc(F)ccc1[N+](=O)[O-]. The molecule has 110 valence electrons. The molecule has 0 fully saturated rings. The van der Waals surface area contributed by atoms with Crippen molar-refractivity contribution in [2.75, 3.05) is 6.54 Å². The fraction of sp³-hybridized carbons (Fsp3) is 0.462. The summed E-state index contributed by atoms with van der Waals surface area (Å²) in [6, 6.07) is 2.77. The van der Waals surface area contributed by atoms with Crippen LogP contribution in [0, 0.1) is 15.9 Å². The molecule has 0 aliphatic heterocycles. The molecular formula is C13H18FN3O3. The van der Waals surface area contributed by atoms with Crippen LogP contribution >= 0.6 is 0 Å². The lowest BCUT2D eigenvalue weighted by molar-refractivity contribution is -0.385. The minimum Gasteiger partial charge on any atom is -0.350 e. The molecule has 0 atom stereocenters. The van der Waals surface area contributed by atoms with Gasteiger partial charge in [-0.15, -0.1) is 0 Å². The Morgan fingerprint density at radius 1 is 1.45 bits per heavy atom. The number of halogens is 1. The standard InChI is InChI=1S/C13H18FN3O3/c1-3-13(15,4-2)8-16-12(18)10-7-9(14)5-6-11(10)17(19)20/h5-7H,3-4,8,15H2,1-2H3,(H,16,18). The van der Waals surface area contributed by atoms with Crippen LogP contribution in [0.15, 0.2) is 18.2 Å². The van der Waals surface area contributed by atoms with Gasteiger partial charge in [-0.25, -0.2) is 4.39 Å². The summed E-state index contributed by atoms with van der Waals surface area (Å²) >= 11 is 0. The average molecular weight is 283 g/mol. The van der Waals surface area contributed by atoms with E-state index in [1.807, 2.05) is 13.8 Å². The van der Waals surface area contributed by atoms with Gasteiger partial charge < -0.3 is 11.1 Å². The summed E-state index contributed by atoms with van der Waals surface area (Å²) in [6.07, 6.45) is 1.30. The van der Waals surface area contributed by atoms with Crippen molar-refractivity contribution in [2.24, 2.45) is 5.73 Å². The normalized spacial score (nSPS) is 11.2. The molecule has 0 heterocycles. The molecule has 0 aliphatic carbocycles. The first-order valence-corrected chi connectivity index (χ1v) is 6.34. The predicted molar refractivity (Wildman–Crippen MR) is 72.9 cm³/mol. The fourth-order valence-electron chi connectivity index (χ4n) is 1.70. The van der Waals surface area contributed by atoms with Gasteiger partial charge in [0.05, 0.1) is 4.92 Å². The van der Waals surface area contributed by atoms with Crippen molar-refractivity contribution >= 4 is 11.6 Å². The number of benzene rings is 1. The molecule has 1 rings (SSSR count). The zero-order valence-corrected chi connectivity index (χ0v) is 11.5. The Hall–Kier alpha value is -2.02. The second-order valence-electron chi connectivity index (χ2n) is 4.67. The highest BCUT2D eigenvalue weighted by Gasteiger charge is 2.25. The summed E-state index contributed by atoms with van der Waals surface area (Å²) in [4.78, 5) is 22.1. The second-order valence-corrected chi connectivity index (χ2v) is 4.67. The highest BCUT2D eigenvalue weighted by Crippen LogP contribution is 2.19. The van der Waals surface area contributed by atoms with Crippen LogP contribution in [0.3, 0.4) is 0 Å². The number of amides is 1.